The fourth-order valence-electron chi connectivity index (χ4n) is 2.57. The number of esters is 1. The zero-order valence-corrected chi connectivity index (χ0v) is 11.2. The number of aliphatic hydroxyl groups is 1. The molecule has 1 aliphatic heterocycles. The van der Waals surface area contributed by atoms with E-state index in [4.69, 9.17) is 4.74 Å². The lowest BCUT2D eigenvalue weighted by molar-refractivity contribution is -0.140. The van der Waals surface area contributed by atoms with E-state index in [1.807, 2.05) is 26.8 Å². The predicted molar refractivity (Wildman–Crippen MR) is 70.0 cm³/mol. The Labute approximate surface area is 108 Å². The van der Waals surface area contributed by atoms with E-state index >= 15 is 0 Å². The average molecular weight is 248 g/mol. The Hall–Kier alpha value is -1.35. The quantitative estimate of drug-likeness (QED) is 0.617. The van der Waals surface area contributed by atoms with Crippen LogP contribution in [0.25, 0.3) is 0 Å². The highest BCUT2D eigenvalue weighted by Crippen LogP contribution is 2.36. The third kappa shape index (κ3) is 2.56. The van der Waals surface area contributed by atoms with Gasteiger partial charge in [0.25, 0.3) is 0 Å². The third-order valence-electron chi connectivity index (χ3n) is 3.41. The number of allylic oxidation sites excluding steroid dienone is 2. The zero-order valence-electron chi connectivity index (χ0n) is 11.2. The monoisotopic (exact) mass is 248 g/mol. The standard InChI is InChI=1S/C15H20O3/c1-9(2)5-4-6-11-14-12(16)7-10(3)8-13(14)18-15(11)17/h5,7,12-13,16H,4,6,8H2,1-3H3. The van der Waals surface area contributed by atoms with Crippen LogP contribution in [0.4, 0.5) is 0 Å². The normalized spacial score (nSPS) is 26.7. The van der Waals surface area contributed by atoms with Gasteiger partial charge >= 0.3 is 5.97 Å². The first-order chi connectivity index (χ1) is 8.49. The van der Waals surface area contributed by atoms with E-state index in [2.05, 4.69) is 6.08 Å². The highest BCUT2D eigenvalue weighted by molar-refractivity contribution is 5.93. The number of carbonyl (C=O) groups excluding carboxylic acids is 1. The number of carbonyl (C=O) groups is 1. The zero-order chi connectivity index (χ0) is 13.3. The van der Waals surface area contributed by atoms with Crippen LogP contribution in [-0.2, 0) is 9.53 Å². The second kappa shape index (κ2) is 5.11. The van der Waals surface area contributed by atoms with Gasteiger partial charge in [0.15, 0.2) is 0 Å². The molecule has 0 fully saturated rings. The Morgan fingerprint density at radius 1 is 1.56 bits per heavy atom. The SMILES string of the molecule is CC(C)=CCCC1=C2C(O)C=C(C)CC2OC1=O. The lowest BCUT2D eigenvalue weighted by Crippen LogP contribution is -2.24. The minimum atomic E-state index is -0.656. The molecule has 1 heterocycles. The molecule has 0 amide bonds. The molecule has 18 heavy (non-hydrogen) atoms. The molecule has 0 aromatic rings. The Bertz CT molecular complexity index is 450. The fourth-order valence-corrected chi connectivity index (χ4v) is 2.57. The van der Waals surface area contributed by atoms with Crippen molar-refractivity contribution < 1.29 is 14.6 Å². The maximum atomic E-state index is 11.8. The van der Waals surface area contributed by atoms with Crippen LogP contribution in [-0.4, -0.2) is 23.3 Å². The highest BCUT2D eigenvalue weighted by Gasteiger charge is 2.38. The maximum Gasteiger partial charge on any atom is 0.334 e. The van der Waals surface area contributed by atoms with Gasteiger partial charge in [0.2, 0.25) is 0 Å². The van der Waals surface area contributed by atoms with Crippen molar-refractivity contribution in [1.82, 2.24) is 0 Å². The molecule has 0 bridgehead atoms. The van der Waals surface area contributed by atoms with E-state index in [0.29, 0.717) is 18.4 Å². The third-order valence-corrected chi connectivity index (χ3v) is 3.41. The number of rotatable bonds is 3. The summed E-state index contributed by atoms with van der Waals surface area (Å²) in [7, 11) is 0. The van der Waals surface area contributed by atoms with Crippen molar-refractivity contribution in [2.24, 2.45) is 0 Å². The number of ether oxygens (including phenoxy) is 1. The molecule has 0 aromatic carbocycles. The molecule has 0 saturated heterocycles. The van der Waals surface area contributed by atoms with Gasteiger partial charge in [-0.3, -0.25) is 0 Å². The summed E-state index contributed by atoms with van der Waals surface area (Å²) in [6.45, 7) is 6.03. The van der Waals surface area contributed by atoms with Crippen LogP contribution in [0.5, 0.6) is 0 Å². The Balaban J connectivity index is 2.20. The number of hydrogen-bond donors (Lipinski definition) is 1. The summed E-state index contributed by atoms with van der Waals surface area (Å²) >= 11 is 0. The van der Waals surface area contributed by atoms with Gasteiger partial charge in [-0.1, -0.05) is 23.3 Å². The number of aliphatic hydroxyl groups excluding tert-OH is 1. The van der Waals surface area contributed by atoms with Gasteiger partial charge in [-0.25, -0.2) is 4.79 Å². The van der Waals surface area contributed by atoms with Gasteiger partial charge in [0, 0.05) is 17.6 Å². The summed E-state index contributed by atoms with van der Waals surface area (Å²) in [5.41, 5.74) is 3.78. The lowest BCUT2D eigenvalue weighted by Gasteiger charge is -2.23. The van der Waals surface area contributed by atoms with Crippen molar-refractivity contribution >= 4 is 5.97 Å². The minimum absolute atomic E-state index is 0.237. The molecular weight excluding hydrogens is 228 g/mol. The number of hydrogen-bond acceptors (Lipinski definition) is 3. The van der Waals surface area contributed by atoms with Crippen LogP contribution in [0.15, 0.2) is 34.4 Å². The fraction of sp³-hybridized carbons (Fsp3) is 0.533. The second-order valence-electron chi connectivity index (χ2n) is 5.31. The first-order valence-corrected chi connectivity index (χ1v) is 6.41. The van der Waals surface area contributed by atoms with Crippen LogP contribution in [0.3, 0.4) is 0 Å². The van der Waals surface area contributed by atoms with Crippen LogP contribution < -0.4 is 0 Å². The molecule has 0 spiro atoms. The summed E-state index contributed by atoms with van der Waals surface area (Å²) in [4.78, 5) is 11.8. The van der Waals surface area contributed by atoms with Gasteiger partial charge < -0.3 is 9.84 Å². The van der Waals surface area contributed by atoms with E-state index in [9.17, 15) is 9.90 Å². The van der Waals surface area contributed by atoms with Gasteiger partial charge in [-0.2, -0.15) is 0 Å². The van der Waals surface area contributed by atoms with Crippen LogP contribution >= 0.6 is 0 Å². The largest absolute Gasteiger partial charge is 0.454 e. The summed E-state index contributed by atoms with van der Waals surface area (Å²) in [5, 5.41) is 10.1. The molecule has 0 radical (unpaired) electrons. The van der Waals surface area contributed by atoms with Gasteiger partial charge in [-0.15, -0.1) is 0 Å². The summed E-state index contributed by atoms with van der Waals surface area (Å²) in [5.74, 6) is -0.251. The predicted octanol–water partition coefficient (Wildman–Crippen LogP) is 2.67. The molecule has 1 N–H and O–H groups in total. The molecule has 2 aliphatic rings. The van der Waals surface area contributed by atoms with Crippen LogP contribution in [0.1, 0.15) is 40.0 Å². The van der Waals surface area contributed by atoms with Gasteiger partial charge in [-0.05, 0) is 33.6 Å². The van der Waals surface area contributed by atoms with E-state index in [0.717, 1.165) is 17.6 Å². The molecule has 0 aromatic heterocycles. The van der Waals surface area contributed by atoms with E-state index in [-0.39, 0.29) is 12.1 Å². The van der Waals surface area contributed by atoms with Crippen molar-refractivity contribution in [1.29, 1.82) is 0 Å². The highest BCUT2D eigenvalue weighted by atomic mass is 16.5. The van der Waals surface area contributed by atoms with E-state index < -0.39 is 6.10 Å². The van der Waals surface area contributed by atoms with Gasteiger partial charge in [0.05, 0.1) is 6.10 Å². The molecule has 98 valence electrons. The number of fused-ring (bicyclic) bond motifs is 1. The van der Waals surface area contributed by atoms with Crippen molar-refractivity contribution in [3.63, 3.8) is 0 Å². The molecule has 2 unspecified atom stereocenters. The average Bonchev–Trinajstić information content (AvgIpc) is 2.54. The van der Waals surface area contributed by atoms with E-state index in [1.54, 1.807) is 0 Å². The Kier molecular flexibility index (Phi) is 3.71. The van der Waals surface area contributed by atoms with Crippen molar-refractivity contribution in [3.05, 3.63) is 34.4 Å². The Morgan fingerprint density at radius 2 is 2.28 bits per heavy atom. The molecule has 3 heteroatoms. The lowest BCUT2D eigenvalue weighted by atomic mass is 9.87. The maximum absolute atomic E-state index is 11.8. The topological polar surface area (TPSA) is 46.5 Å². The van der Waals surface area contributed by atoms with E-state index in [1.165, 1.54) is 5.57 Å². The molecule has 3 nitrogen and oxygen atoms in total. The first kappa shape index (κ1) is 13.1. The van der Waals surface area contributed by atoms with Crippen molar-refractivity contribution in [3.8, 4) is 0 Å². The first-order valence-electron chi connectivity index (χ1n) is 6.41. The van der Waals surface area contributed by atoms with Crippen LogP contribution in [0.2, 0.25) is 0 Å². The molecule has 1 aliphatic carbocycles. The van der Waals surface area contributed by atoms with Gasteiger partial charge in [0.1, 0.15) is 6.10 Å². The summed E-state index contributed by atoms with van der Waals surface area (Å²) < 4.78 is 5.34. The molecule has 2 rings (SSSR count). The molecule has 2 atom stereocenters. The van der Waals surface area contributed by atoms with Crippen molar-refractivity contribution in [2.45, 2.75) is 52.2 Å². The summed E-state index contributed by atoms with van der Waals surface area (Å²) in [6.07, 6.45) is 5.21. The molecule has 0 saturated carbocycles. The summed E-state index contributed by atoms with van der Waals surface area (Å²) in [6, 6.07) is 0. The van der Waals surface area contributed by atoms with Crippen LogP contribution in [0, 0.1) is 0 Å². The molecular formula is C15H20O3. The minimum Gasteiger partial charge on any atom is -0.454 e. The van der Waals surface area contributed by atoms with Crippen molar-refractivity contribution in [2.75, 3.05) is 0 Å². The Morgan fingerprint density at radius 3 is 2.94 bits per heavy atom. The smallest absolute Gasteiger partial charge is 0.334 e. The second-order valence-corrected chi connectivity index (χ2v) is 5.31.